The Kier molecular flexibility index (Phi) is 8.62. The van der Waals surface area contributed by atoms with Gasteiger partial charge in [0.2, 0.25) is 5.75 Å². The van der Waals surface area contributed by atoms with Crippen molar-refractivity contribution >= 4 is 17.4 Å². The number of nitrogens with zero attached hydrogens (tertiary/aromatic N) is 2. The number of aliphatic hydroxyl groups excluding tert-OH is 1. The number of aryl methyl sites for hydroxylation is 1. The highest BCUT2D eigenvalue weighted by Gasteiger charge is 2.46. The predicted octanol–water partition coefficient (Wildman–Crippen LogP) is 5.07. The molecule has 4 rings (SSSR count). The number of carbonyl (C=O) groups is 2. The highest BCUT2D eigenvalue weighted by molar-refractivity contribution is 6.46. The maximum atomic E-state index is 13.6. The molecule has 1 fully saturated rings. The number of amides is 1. The van der Waals surface area contributed by atoms with E-state index in [4.69, 9.17) is 18.9 Å². The minimum absolute atomic E-state index is 0.0397. The van der Waals surface area contributed by atoms with Crippen molar-refractivity contribution < 1.29 is 33.6 Å². The Morgan fingerprint density at radius 1 is 1.02 bits per heavy atom. The number of rotatable bonds is 10. The minimum Gasteiger partial charge on any atom is -0.507 e. The van der Waals surface area contributed by atoms with E-state index in [0.29, 0.717) is 52.2 Å². The lowest BCUT2D eigenvalue weighted by molar-refractivity contribution is -0.140. The highest BCUT2D eigenvalue weighted by atomic mass is 16.5. The van der Waals surface area contributed by atoms with Gasteiger partial charge in [0.25, 0.3) is 11.7 Å². The summed E-state index contributed by atoms with van der Waals surface area (Å²) in [5, 5.41) is 11.6. The molecule has 1 saturated heterocycles. The fraction of sp³-hybridized carbons (Fsp3) is 0.323. The summed E-state index contributed by atoms with van der Waals surface area (Å²) in [6.07, 6.45) is 3.26. The Balaban J connectivity index is 1.89. The van der Waals surface area contributed by atoms with E-state index in [1.807, 2.05) is 13.0 Å². The van der Waals surface area contributed by atoms with Crippen LogP contribution in [0.15, 0.2) is 60.4 Å². The molecule has 0 unspecified atom stereocenters. The molecular weight excluding hydrogens is 512 g/mol. The molecule has 1 amide bonds. The van der Waals surface area contributed by atoms with E-state index in [9.17, 15) is 14.7 Å². The molecule has 3 aromatic rings. The van der Waals surface area contributed by atoms with E-state index in [2.05, 4.69) is 18.8 Å². The van der Waals surface area contributed by atoms with Gasteiger partial charge < -0.3 is 29.0 Å². The summed E-state index contributed by atoms with van der Waals surface area (Å²) < 4.78 is 22.4. The SMILES string of the molecule is COc1cc([C@H]2C(=C(O)c3ccc(OCC(C)C)cc3C)C(=O)C(=O)N2Cc2cccnc2)cc(OC)c1OC. The molecule has 2 heterocycles. The van der Waals surface area contributed by atoms with Gasteiger partial charge in [-0.1, -0.05) is 19.9 Å². The summed E-state index contributed by atoms with van der Waals surface area (Å²) in [4.78, 5) is 32.6. The van der Waals surface area contributed by atoms with Crippen LogP contribution >= 0.6 is 0 Å². The van der Waals surface area contributed by atoms with Gasteiger partial charge in [0.1, 0.15) is 11.5 Å². The van der Waals surface area contributed by atoms with Crippen LogP contribution in [0.25, 0.3) is 5.76 Å². The number of benzene rings is 2. The molecule has 2 aromatic carbocycles. The maximum Gasteiger partial charge on any atom is 0.295 e. The number of pyridine rings is 1. The number of aliphatic hydroxyl groups is 1. The van der Waals surface area contributed by atoms with Crippen molar-refractivity contribution in [2.45, 2.75) is 33.4 Å². The average molecular weight is 547 g/mol. The molecule has 0 spiro atoms. The Hall–Kier alpha value is -4.53. The lowest BCUT2D eigenvalue weighted by Gasteiger charge is -2.26. The molecule has 0 bridgehead atoms. The van der Waals surface area contributed by atoms with Gasteiger partial charge in [-0.3, -0.25) is 14.6 Å². The molecule has 0 aliphatic carbocycles. The van der Waals surface area contributed by atoms with E-state index in [1.54, 1.807) is 48.8 Å². The monoisotopic (exact) mass is 546 g/mol. The standard InChI is InChI=1S/C31H34N2O7/c1-18(2)17-40-22-9-10-23(19(3)12-22)28(34)26-27(21-13-24(37-4)30(39-6)25(14-21)38-5)33(31(36)29(26)35)16-20-8-7-11-32-15-20/h7-15,18,27,34H,16-17H2,1-6H3/t27-/m0/s1. The fourth-order valence-electron chi connectivity index (χ4n) is 4.74. The second kappa shape index (κ2) is 12.1. The van der Waals surface area contributed by atoms with Crippen molar-refractivity contribution in [2.75, 3.05) is 27.9 Å². The molecule has 0 saturated carbocycles. The first-order chi connectivity index (χ1) is 19.2. The third kappa shape index (κ3) is 5.59. The summed E-state index contributed by atoms with van der Waals surface area (Å²) >= 11 is 0. The van der Waals surface area contributed by atoms with Gasteiger partial charge in [-0.25, -0.2) is 0 Å². The smallest absolute Gasteiger partial charge is 0.295 e. The zero-order chi connectivity index (χ0) is 29.0. The van der Waals surface area contributed by atoms with Crippen molar-refractivity contribution in [1.29, 1.82) is 0 Å². The maximum absolute atomic E-state index is 13.6. The summed E-state index contributed by atoms with van der Waals surface area (Å²) in [5.41, 5.74) is 2.31. The van der Waals surface area contributed by atoms with Crippen LogP contribution in [0.1, 0.15) is 42.1 Å². The summed E-state index contributed by atoms with van der Waals surface area (Å²) in [6.45, 7) is 6.57. The summed E-state index contributed by atoms with van der Waals surface area (Å²) in [7, 11) is 4.46. The first-order valence-electron chi connectivity index (χ1n) is 12.9. The van der Waals surface area contributed by atoms with Crippen molar-refractivity contribution in [1.82, 2.24) is 9.88 Å². The minimum atomic E-state index is -0.940. The number of hydrogen-bond donors (Lipinski definition) is 1. The zero-order valence-electron chi connectivity index (χ0n) is 23.6. The van der Waals surface area contributed by atoms with Crippen molar-refractivity contribution in [3.05, 3.63) is 82.7 Å². The van der Waals surface area contributed by atoms with Crippen LogP contribution < -0.4 is 18.9 Å². The second-order valence-corrected chi connectivity index (χ2v) is 9.93. The summed E-state index contributed by atoms with van der Waals surface area (Å²) in [6, 6.07) is 11.2. The van der Waals surface area contributed by atoms with Crippen LogP contribution in [0.3, 0.4) is 0 Å². The molecule has 40 heavy (non-hydrogen) atoms. The first-order valence-corrected chi connectivity index (χ1v) is 12.9. The molecular formula is C31H34N2O7. The molecule has 1 aromatic heterocycles. The molecule has 1 aliphatic rings. The van der Waals surface area contributed by atoms with Crippen molar-refractivity contribution in [3.63, 3.8) is 0 Å². The number of carbonyl (C=O) groups excluding carboxylic acids is 2. The van der Waals surface area contributed by atoms with Gasteiger partial charge in [0, 0.05) is 24.5 Å². The lowest BCUT2D eigenvalue weighted by atomic mass is 9.93. The number of aromatic nitrogens is 1. The van der Waals surface area contributed by atoms with E-state index < -0.39 is 17.7 Å². The van der Waals surface area contributed by atoms with Gasteiger partial charge in [-0.2, -0.15) is 0 Å². The van der Waals surface area contributed by atoms with Crippen LogP contribution in [0.5, 0.6) is 23.0 Å². The molecule has 9 nitrogen and oxygen atoms in total. The number of likely N-dealkylation sites (tertiary alicyclic amines) is 1. The summed E-state index contributed by atoms with van der Waals surface area (Å²) in [5.74, 6) is 0.268. The van der Waals surface area contributed by atoms with Gasteiger partial charge >= 0.3 is 0 Å². The Morgan fingerprint density at radius 2 is 1.73 bits per heavy atom. The largest absolute Gasteiger partial charge is 0.507 e. The molecule has 1 aliphatic heterocycles. The van der Waals surface area contributed by atoms with Gasteiger partial charge in [0.05, 0.1) is 39.6 Å². The number of ether oxygens (including phenoxy) is 4. The van der Waals surface area contributed by atoms with Crippen LogP contribution in [-0.2, 0) is 16.1 Å². The highest BCUT2D eigenvalue weighted by Crippen LogP contribution is 2.46. The van der Waals surface area contributed by atoms with Crippen molar-refractivity contribution in [2.24, 2.45) is 5.92 Å². The van der Waals surface area contributed by atoms with Gasteiger partial charge in [0.15, 0.2) is 11.5 Å². The van der Waals surface area contributed by atoms with Crippen LogP contribution in [-0.4, -0.2) is 54.6 Å². The molecule has 1 N–H and O–H groups in total. The van der Waals surface area contributed by atoms with Gasteiger partial charge in [-0.05, 0) is 65.9 Å². The Labute approximate surface area is 234 Å². The van der Waals surface area contributed by atoms with E-state index >= 15 is 0 Å². The third-order valence-corrected chi connectivity index (χ3v) is 6.65. The van der Waals surface area contributed by atoms with Crippen LogP contribution in [0.4, 0.5) is 0 Å². The topological polar surface area (TPSA) is 107 Å². The number of ketones is 1. The van der Waals surface area contributed by atoms with Gasteiger partial charge in [-0.15, -0.1) is 0 Å². The quantitative estimate of drug-likeness (QED) is 0.213. The van der Waals surface area contributed by atoms with E-state index in [1.165, 1.54) is 26.2 Å². The fourth-order valence-corrected chi connectivity index (χ4v) is 4.74. The third-order valence-electron chi connectivity index (χ3n) is 6.65. The average Bonchev–Trinajstić information content (AvgIpc) is 3.20. The number of hydrogen-bond acceptors (Lipinski definition) is 8. The van der Waals surface area contributed by atoms with Crippen LogP contribution in [0, 0.1) is 12.8 Å². The lowest BCUT2D eigenvalue weighted by Crippen LogP contribution is -2.29. The molecule has 210 valence electrons. The predicted molar refractivity (Wildman–Crippen MR) is 150 cm³/mol. The molecule has 0 radical (unpaired) electrons. The molecule has 1 atom stereocenters. The second-order valence-electron chi connectivity index (χ2n) is 9.93. The van der Waals surface area contributed by atoms with Crippen LogP contribution in [0.2, 0.25) is 0 Å². The normalized spacial score (nSPS) is 16.4. The first kappa shape index (κ1) is 28.5. The Morgan fingerprint density at radius 3 is 2.27 bits per heavy atom. The zero-order valence-corrected chi connectivity index (χ0v) is 23.6. The van der Waals surface area contributed by atoms with Crippen molar-refractivity contribution in [3.8, 4) is 23.0 Å². The number of Topliss-reactive ketones (excluding diaryl/α,β-unsaturated/α-hetero) is 1. The van der Waals surface area contributed by atoms with E-state index in [-0.39, 0.29) is 17.9 Å². The van der Waals surface area contributed by atoms with E-state index in [0.717, 1.165) is 5.56 Å². The number of methoxy groups -OCH3 is 3. The molecule has 9 heteroatoms. The Bertz CT molecular complexity index is 1410.